The van der Waals surface area contributed by atoms with Gasteiger partial charge in [0.2, 0.25) is 0 Å². The van der Waals surface area contributed by atoms with Crippen molar-refractivity contribution < 1.29 is 27.4 Å². The van der Waals surface area contributed by atoms with E-state index in [9.17, 15) is 18.0 Å². The molecule has 0 amide bonds. The third-order valence-corrected chi connectivity index (χ3v) is 2.39. The molecule has 0 aromatic heterocycles. The Morgan fingerprint density at radius 2 is 1.60 bits per heavy atom. The molecule has 1 aromatic rings. The van der Waals surface area contributed by atoms with Gasteiger partial charge in [0.15, 0.2) is 5.60 Å². The summed E-state index contributed by atoms with van der Waals surface area (Å²) in [6, 6.07) is 4.15. The van der Waals surface area contributed by atoms with Gasteiger partial charge in [0.05, 0.1) is 11.7 Å². The van der Waals surface area contributed by atoms with Crippen LogP contribution in [-0.2, 0) is 15.7 Å². The highest BCUT2D eigenvalue weighted by Crippen LogP contribution is 2.31. The standard InChI is InChI=1S/C14H17F3O3/c1-9(2)19-12(18)13(3,4)20-11-7-5-10(6-8-11)14(15,16)17/h5-9H,1-4H3. The van der Waals surface area contributed by atoms with E-state index in [0.717, 1.165) is 12.1 Å². The minimum Gasteiger partial charge on any atom is -0.476 e. The van der Waals surface area contributed by atoms with Gasteiger partial charge in [0, 0.05) is 0 Å². The first-order valence-electron chi connectivity index (χ1n) is 6.10. The van der Waals surface area contributed by atoms with Gasteiger partial charge >= 0.3 is 12.1 Å². The normalized spacial score (nSPS) is 12.4. The van der Waals surface area contributed by atoms with Crippen molar-refractivity contribution in [3.05, 3.63) is 29.8 Å². The molecule has 0 radical (unpaired) electrons. The molecule has 0 spiro atoms. The first-order chi connectivity index (χ1) is 9.02. The van der Waals surface area contributed by atoms with E-state index in [-0.39, 0.29) is 11.9 Å². The van der Waals surface area contributed by atoms with Crippen LogP contribution in [0.3, 0.4) is 0 Å². The predicted octanol–water partition coefficient (Wildman–Crippen LogP) is 3.81. The van der Waals surface area contributed by atoms with Crippen LogP contribution in [0, 0.1) is 0 Å². The number of ether oxygens (including phenoxy) is 2. The second-order valence-electron chi connectivity index (χ2n) is 5.09. The van der Waals surface area contributed by atoms with Crippen molar-refractivity contribution in [2.24, 2.45) is 0 Å². The molecule has 112 valence electrons. The monoisotopic (exact) mass is 290 g/mol. The smallest absolute Gasteiger partial charge is 0.416 e. The van der Waals surface area contributed by atoms with Crippen molar-refractivity contribution in [3.8, 4) is 5.75 Å². The van der Waals surface area contributed by atoms with E-state index >= 15 is 0 Å². The highest BCUT2D eigenvalue weighted by atomic mass is 19.4. The van der Waals surface area contributed by atoms with Crippen LogP contribution in [-0.4, -0.2) is 17.7 Å². The maximum absolute atomic E-state index is 12.4. The summed E-state index contributed by atoms with van der Waals surface area (Å²) in [6.45, 7) is 6.39. The number of hydrogen-bond donors (Lipinski definition) is 0. The van der Waals surface area contributed by atoms with Crippen molar-refractivity contribution in [1.82, 2.24) is 0 Å². The fraction of sp³-hybridized carbons (Fsp3) is 0.500. The van der Waals surface area contributed by atoms with Crippen LogP contribution < -0.4 is 4.74 Å². The van der Waals surface area contributed by atoms with E-state index in [1.54, 1.807) is 13.8 Å². The molecule has 0 saturated carbocycles. The molecule has 0 N–H and O–H groups in total. The Morgan fingerprint density at radius 1 is 1.10 bits per heavy atom. The Balaban J connectivity index is 2.80. The van der Waals surface area contributed by atoms with Gasteiger partial charge in [-0.05, 0) is 52.0 Å². The summed E-state index contributed by atoms with van der Waals surface area (Å²) in [5.41, 5.74) is -2.04. The third kappa shape index (κ3) is 4.43. The number of rotatable bonds is 4. The highest BCUT2D eigenvalue weighted by molar-refractivity contribution is 5.79. The molecule has 0 bridgehead atoms. The lowest BCUT2D eigenvalue weighted by Crippen LogP contribution is -2.40. The molecule has 1 rings (SSSR count). The minimum absolute atomic E-state index is 0.170. The van der Waals surface area contributed by atoms with Gasteiger partial charge in [-0.25, -0.2) is 4.79 Å². The number of alkyl halides is 3. The van der Waals surface area contributed by atoms with Gasteiger partial charge in [-0.2, -0.15) is 13.2 Å². The molecule has 0 fully saturated rings. The van der Waals surface area contributed by atoms with Crippen LogP contribution in [0.5, 0.6) is 5.75 Å². The van der Waals surface area contributed by atoms with Gasteiger partial charge in [-0.3, -0.25) is 0 Å². The van der Waals surface area contributed by atoms with E-state index in [1.165, 1.54) is 26.0 Å². The van der Waals surface area contributed by atoms with Crippen LogP contribution in [0.1, 0.15) is 33.3 Å². The number of benzene rings is 1. The molecule has 0 atom stereocenters. The van der Waals surface area contributed by atoms with Crippen LogP contribution >= 0.6 is 0 Å². The second-order valence-corrected chi connectivity index (χ2v) is 5.09. The molecule has 0 aliphatic carbocycles. The van der Waals surface area contributed by atoms with Crippen LogP contribution in [0.25, 0.3) is 0 Å². The number of carbonyl (C=O) groups excluding carboxylic acids is 1. The summed E-state index contributed by atoms with van der Waals surface area (Å²) >= 11 is 0. The second kappa shape index (κ2) is 5.73. The Hall–Kier alpha value is -1.72. The lowest BCUT2D eigenvalue weighted by Gasteiger charge is -2.25. The van der Waals surface area contributed by atoms with E-state index in [4.69, 9.17) is 9.47 Å². The summed E-state index contributed by atoms with van der Waals surface area (Å²) < 4.78 is 47.7. The first-order valence-corrected chi connectivity index (χ1v) is 6.10. The minimum atomic E-state index is -4.40. The lowest BCUT2D eigenvalue weighted by molar-refractivity contribution is -0.163. The van der Waals surface area contributed by atoms with Crippen molar-refractivity contribution in [2.75, 3.05) is 0 Å². The third-order valence-electron chi connectivity index (χ3n) is 2.39. The molecule has 0 unspecified atom stereocenters. The zero-order valence-corrected chi connectivity index (χ0v) is 11.7. The van der Waals surface area contributed by atoms with Crippen LogP contribution in [0.15, 0.2) is 24.3 Å². The molecule has 3 nitrogen and oxygen atoms in total. The molecular formula is C14H17F3O3. The van der Waals surface area contributed by atoms with Crippen LogP contribution in [0.2, 0.25) is 0 Å². The molecule has 1 aromatic carbocycles. The van der Waals surface area contributed by atoms with E-state index < -0.39 is 23.3 Å². The van der Waals surface area contributed by atoms with Gasteiger partial charge in [-0.1, -0.05) is 0 Å². The highest BCUT2D eigenvalue weighted by Gasteiger charge is 2.33. The van der Waals surface area contributed by atoms with E-state index in [1.807, 2.05) is 0 Å². The largest absolute Gasteiger partial charge is 0.476 e. The molecular weight excluding hydrogens is 273 g/mol. The summed E-state index contributed by atoms with van der Waals surface area (Å²) in [4.78, 5) is 11.8. The van der Waals surface area contributed by atoms with Crippen molar-refractivity contribution in [1.29, 1.82) is 0 Å². The Bertz CT molecular complexity index is 462. The zero-order valence-electron chi connectivity index (χ0n) is 11.7. The van der Waals surface area contributed by atoms with Gasteiger partial charge in [-0.15, -0.1) is 0 Å². The molecule has 0 aliphatic rings. The molecule has 0 aliphatic heterocycles. The number of halogens is 3. The average Bonchev–Trinajstić information content (AvgIpc) is 2.26. The lowest BCUT2D eigenvalue weighted by atomic mass is 10.1. The van der Waals surface area contributed by atoms with Gasteiger partial charge in [0.1, 0.15) is 5.75 Å². The fourth-order valence-electron chi connectivity index (χ4n) is 1.40. The fourth-order valence-corrected chi connectivity index (χ4v) is 1.40. The van der Waals surface area contributed by atoms with Crippen molar-refractivity contribution >= 4 is 5.97 Å². The van der Waals surface area contributed by atoms with Crippen LogP contribution in [0.4, 0.5) is 13.2 Å². The van der Waals surface area contributed by atoms with E-state index in [2.05, 4.69) is 0 Å². The molecule has 20 heavy (non-hydrogen) atoms. The first kappa shape index (κ1) is 16.3. The zero-order chi connectivity index (χ0) is 15.6. The summed E-state index contributed by atoms with van der Waals surface area (Å²) in [5, 5.41) is 0. The predicted molar refractivity (Wildman–Crippen MR) is 67.4 cm³/mol. The molecule has 0 saturated heterocycles. The molecule has 6 heteroatoms. The van der Waals surface area contributed by atoms with E-state index in [0.29, 0.717) is 0 Å². The SMILES string of the molecule is CC(C)OC(=O)C(C)(C)Oc1ccc(C(F)(F)F)cc1. The quantitative estimate of drug-likeness (QED) is 0.791. The maximum Gasteiger partial charge on any atom is 0.416 e. The Kier molecular flexibility index (Phi) is 4.68. The van der Waals surface area contributed by atoms with Gasteiger partial charge in [0.25, 0.3) is 0 Å². The summed E-state index contributed by atoms with van der Waals surface area (Å²) in [6.07, 6.45) is -4.69. The number of carbonyl (C=O) groups is 1. The van der Waals surface area contributed by atoms with Crippen molar-refractivity contribution in [2.45, 2.75) is 45.6 Å². The Morgan fingerprint density at radius 3 is 2.00 bits per heavy atom. The van der Waals surface area contributed by atoms with Gasteiger partial charge < -0.3 is 9.47 Å². The molecule has 0 heterocycles. The maximum atomic E-state index is 12.4. The summed E-state index contributed by atoms with van der Waals surface area (Å²) in [7, 11) is 0. The average molecular weight is 290 g/mol. The number of hydrogen-bond acceptors (Lipinski definition) is 3. The Labute approximate surface area is 115 Å². The number of esters is 1. The topological polar surface area (TPSA) is 35.5 Å². The summed E-state index contributed by atoms with van der Waals surface area (Å²) in [5.74, 6) is -0.406. The van der Waals surface area contributed by atoms with Crippen molar-refractivity contribution in [3.63, 3.8) is 0 Å².